The van der Waals surface area contributed by atoms with E-state index >= 15 is 0 Å². The summed E-state index contributed by atoms with van der Waals surface area (Å²) < 4.78 is 14.3. The predicted molar refractivity (Wildman–Crippen MR) is 89.6 cm³/mol. The van der Waals surface area contributed by atoms with Gasteiger partial charge in [-0.05, 0) is 62.2 Å². The van der Waals surface area contributed by atoms with E-state index in [1.807, 2.05) is 6.08 Å². The average Bonchev–Trinajstić information content (AvgIpc) is 2.80. The van der Waals surface area contributed by atoms with Crippen molar-refractivity contribution in [3.05, 3.63) is 11.8 Å². The molecular formula is C20H30FNO. The standard InChI is InChI=1S/C20H30FNO/c1-12-18-15(6-7-19(2)11-13(21)9-16(18)19)20(3)8-5-14(23)10-17(20)22(12)4/h10,12-13,15-16,18H,5-9,11H2,1-4H3/t12?,13?,15-,16+,18-,19-,20-/m1/s1. The molecule has 2 unspecified atom stereocenters. The molecule has 1 heterocycles. The first kappa shape index (κ1) is 15.7. The normalized spacial score (nSPS) is 52.6. The van der Waals surface area contributed by atoms with E-state index in [4.69, 9.17) is 0 Å². The Balaban J connectivity index is 1.78. The summed E-state index contributed by atoms with van der Waals surface area (Å²) in [6.07, 6.45) is 6.82. The number of allylic oxidation sites excluding steroid dienone is 2. The van der Waals surface area contributed by atoms with Gasteiger partial charge in [0, 0.05) is 36.7 Å². The van der Waals surface area contributed by atoms with Crippen LogP contribution in [0.4, 0.5) is 4.39 Å². The lowest BCUT2D eigenvalue weighted by molar-refractivity contribution is -0.121. The number of hydrogen-bond acceptors (Lipinski definition) is 2. The van der Waals surface area contributed by atoms with Gasteiger partial charge < -0.3 is 4.90 Å². The van der Waals surface area contributed by atoms with Crippen LogP contribution in [0.15, 0.2) is 11.8 Å². The van der Waals surface area contributed by atoms with Crippen molar-refractivity contribution in [1.82, 2.24) is 4.90 Å². The highest BCUT2D eigenvalue weighted by Crippen LogP contribution is 2.65. The van der Waals surface area contributed by atoms with Crippen molar-refractivity contribution in [2.45, 2.75) is 71.5 Å². The van der Waals surface area contributed by atoms with Gasteiger partial charge in [-0.15, -0.1) is 0 Å². The number of hydrogen-bond donors (Lipinski definition) is 0. The van der Waals surface area contributed by atoms with Gasteiger partial charge in [-0.2, -0.15) is 0 Å². The molecule has 0 N–H and O–H groups in total. The maximum absolute atomic E-state index is 14.3. The molecule has 3 heteroatoms. The van der Waals surface area contributed by atoms with Crippen LogP contribution >= 0.6 is 0 Å². The Labute approximate surface area is 139 Å². The van der Waals surface area contributed by atoms with Gasteiger partial charge in [0.1, 0.15) is 6.17 Å². The number of halogens is 1. The Morgan fingerprint density at radius 1 is 1.26 bits per heavy atom. The van der Waals surface area contributed by atoms with Crippen molar-refractivity contribution < 1.29 is 9.18 Å². The third-order valence-electron chi connectivity index (χ3n) is 8.19. The quantitative estimate of drug-likeness (QED) is 0.661. The second-order valence-corrected chi connectivity index (χ2v) is 9.29. The lowest BCUT2D eigenvalue weighted by Crippen LogP contribution is -2.60. The molecule has 7 atom stereocenters. The monoisotopic (exact) mass is 319 g/mol. The minimum Gasteiger partial charge on any atom is -0.374 e. The summed E-state index contributed by atoms with van der Waals surface area (Å²) in [4.78, 5) is 14.4. The van der Waals surface area contributed by atoms with Crippen molar-refractivity contribution in [3.8, 4) is 0 Å². The summed E-state index contributed by atoms with van der Waals surface area (Å²) in [5.41, 5.74) is 1.55. The highest BCUT2D eigenvalue weighted by atomic mass is 19.1. The third kappa shape index (κ3) is 2.01. The van der Waals surface area contributed by atoms with Gasteiger partial charge in [-0.1, -0.05) is 13.8 Å². The van der Waals surface area contributed by atoms with Gasteiger partial charge >= 0.3 is 0 Å². The van der Waals surface area contributed by atoms with Gasteiger partial charge in [0.05, 0.1) is 0 Å². The Kier molecular flexibility index (Phi) is 3.29. The molecule has 3 fully saturated rings. The number of piperidine rings is 1. The summed E-state index contributed by atoms with van der Waals surface area (Å²) in [7, 11) is 2.15. The number of nitrogens with zero attached hydrogens (tertiary/aromatic N) is 1. The molecule has 0 radical (unpaired) electrons. The highest BCUT2D eigenvalue weighted by Gasteiger charge is 2.61. The lowest BCUT2D eigenvalue weighted by atomic mass is 9.49. The molecule has 4 rings (SSSR count). The minimum absolute atomic E-state index is 0.107. The first-order chi connectivity index (χ1) is 10.8. The Morgan fingerprint density at radius 3 is 2.74 bits per heavy atom. The Bertz CT molecular complexity index is 572. The van der Waals surface area contributed by atoms with E-state index in [-0.39, 0.29) is 16.6 Å². The minimum atomic E-state index is -0.612. The van der Waals surface area contributed by atoms with Crippen molar-refractivity contribution >= 4 is 5.78 Å². The van der Waals surface area contributed by atoms with Crippen molar-refractivity contribution in [2.24, 2.45) is 28.6 Å². The van der Waals surface area contributed by atoms with Gasteiger partial charge in [0.25, 0.3) is 0 Å². The van der Waals surface area contributed by atoms with Gasteiger partial charge in [0.15, 0.2) is 5.78 Å². The molecule has 2 nitrogen and oxygen atoms in total. The number of fused-ring (bicyclic) bond motifs is 5. The fourth-order valence-electron chi connectivity index (χ4n) is 6.84. The lowest BCUT2D eigenvalue weighted by Gasteiger charge is -2.62. The number of rotatable bonds is 0. The molecule has 1 saturated heterocycles. The highest BCUT2D eigenvalue weighted by molar-refractivity contribution is 5.91. The van der Waals surface area contributed by atoms with E-state index in [2.05, 4.69) is 32.7 Å². The van der Waals surface area contributed by atoms with Crippen LogP contribution in [0.3, 0.4) is 0 Å². The largest absolute Gasteiger partial charge is 0.374 e. The molecule has 0 aromatic rings. The summed E-state index contributed by atoms with van der Waals surface area (Å²) in [6, 6.07) is 0.403. The van der Waals surface area contributed by atoms with Crippen LogP contribution in [-0.4, -0.2) is 29.9 Å². The van der Waals surface area contributed by atoms with E-state index in [1.54, 1.807) is 0 Å². The molecule has 1 aliphatic heterocycles. The topological polar surface area (TPSA) is 20.3 Å². The van der Waals surface area contributed by atoms with Crippen molar-refractivity contribution in [1.29, 1.82) is 0 Å². The van der Waals surface area contributed by atoms with E-state index in [0.29, 0.717) is 30.2 Å². The van der Waals surface area contributed by atoms with Gasteiger partial charge in [-0.3, -0.25) is 4.79 Å². The SMILES string of the molecule is CC1[C@@H]2[C@@H](CC[C@]3(C)CC(F)C[C@@H]23)[C@@]2(C)CCC(=O)C=C2N1C. The second kappa shape index (κ2) is 4.83. The molecule has 128 valence electrons. The number of alkyl halides is 1. The summed E-state index contributed by atoms with van der Waals surface area (Å²) in [5.74, 6) is 1.95. The van der Waals surface area contributed by atoms with Crippen LogP contribution in [0, 0.1) is 28.6 Å². The van der Waals surface area contributed by atoms with E-state index < -0.39 is 6.17 Å². The van der Waals surface area contributed by atoms with Crippen LogP contribution in [-0.2, 0) is 4.79 Å². The van der Waals surface area contributed by atoms with Crippen LogP contribution in [0.2, 0.25) is 0 Å². The molecule has 2 saturated carbocycles. The molecule has 23 heavy (non-hydrogen) atoms. The maximum Gasteiger partial charge on any atom is 0.157 e. The summed E-state index contributed by atoms with van der Waals surface area (Å²) >= 11 is 0. The van der Waals surface area contributed by atoms with Gasteiger partial charge in [0.2, 0.25) is 0 Å². The first-order valence-electron chi connectivity index (χ1n) is 9.38. The Hall–Kier alpha value is -0.860. The zero-order chi connectivity index (χ0) is 16.6. The molecule has 0 spiro atoms. The first-order valence-corrected chi connectivity index (χ1v) is 9.38. The van der Waals surface area contributed by atoms with E-state index in [0.717, 1.165) is 25.7 Å². The van der Waals surface area contributed by atoms with E-state index in [1.165, 1.54) is 12.1 Å². The zero-order valence-electron chi connectivity index (χ0n) is 14.9. The predicted octanol–water partition coefficient (Wildman–Crippen LogP) is 4.35. The fraction of sp³-hybridized carbons (Fsp3) is 0.850. The van der Waals surface area contributed by atoms with Crippen LogP contribution in [0.1, 0.15) is 59.3 Å². The fourth-order valence-corrected chi connectivity index (χ4v) is 6.84. The molecule has 0 aromatic heterocycles. The molecular weight excluding hydrogens is 289 g/mol. The molecule has 0 amide bonds. The average molecular weight is 319 g/mol. The second-order valence-electron chi connectivity index (χ2n) is 9.29. The third-order valence-corrected chi connectivity index (χ3v) is 8.19. The number of likely N-dealkylation sites (tertiary alicyclic amines) is 1. The number of ketones is 1. The van der Waals surface area contributed by atoms with Crippen molar-refractivity contribution in [3.63, 3.8) is 0 Å². The van der Waals surface area contributed by atoms with Crippen LogP contribution < -0.4 is 0 Å². The zero-order valence-corrected chi connectivity index (χ0v) is 14.9. The molecule has 3 aliphatic carbocycles. The molecule has 0 bridgehead atoms. The molecule has 0 aromatic carbocycles. The summed E-state index contributed by atoms with van der Waals surface area (Å²) in [5, 5.41) is 0. The van der Waals surface area contributed by atoms with E-state index in [9.17, 15) is 9.18 Å². The van der Waals surface area contributed by atoms with Crippen LogP contribution in [0.25, 0.3) is 0 Å². The number of carbonyl (C=O) groups is 1. The smallest absolute Gasteiger partial charge is 0.157 e. The number of carbonyl (C=O) groups excluding carboxylic acids is 1. The van der Waals surface area contributed by atoms with Gasteiger partial charge in [-0.25, -0.2) is 4.39 Å². The Morgan fingerprint density at radius 2 is 2.00 bits per heavy atom. The maximum atomic E-state index is 14.3. The summed E-state index contributed by atoms with van der Waals surface area (Å²) in [6.45, 7) is 7.00. The molecule has 4 aliphatic rings. The van der Waals surface area contributed by atoms with Crippen molar-refractivity contribution in [2.75, 3.05) is 7.05 Å². The van der Waals surface area contributed by atoms with Crippen LogP contribution in [0.5, 0.6) is 0 Å².